The first-order valence-electron chi connectivity index (χ1n) is 15.0. The number of hydrogen-bond donors (Lipinski definition) is 0. The molecule has 0 aliphatic carbocycles. The highest BCUT2D eigenvalue weighted by Gasteiger charge is 2.42. The summed E-state index contributed by atoms with van der Waals surface area (Å²) >= 11 is 0. The third-order valence-corrected chi connectivity index (χ3v) is 7.88. The summed E-state index contributed by atoms with van der Waals surface area (Å²) in [6, 6.07) is 8.90. The lowest BCUT2D eigenvalue weighted by atomic mass is 10.0. The number of ether oxygens (including phenoxy) is 2. The Morgan fingerprint density at radius 3 is 2.07 bits per heavy atom. The Kier molecular flexibility index (Phi) is 10.6. The number of alkyl halides is 6. The molecular weight excluding hydrogens is 620 g/mol. The van der Waals surface area contributed by atoms with Crippen molar-refractivity contribution in [1.29, 1.82) is 0 Å². The van der Waals surface area contributed by atoms with E-state index in [0.29, 0.717) is 55.9 Å². The van der Waals surface area contributed by atoms with Crippen molar-refractivity contribution in [3.8, 4) is 0 Å². The monoisotopic (exact) mass is 657 g/mol. The van der Waals surface area contributed by atoms with Gasteiger partial charge in [-0.25, -0.2) is 14.5 Å². The van der Waals surface area contributed by atoms with E-state index in [-0.39, 0.29) is 31.7 Å². The Bertz CT molecular complexity index is 1360. The van der Waals surface area contributed by atoms with Gasteiger partial charge in [-0.15, -0.1) is 0 Å². The van der Waals surface area contributed by atoms with Crippen LogP contribution in [0.2, 0.25) is 0 Å². The van der Waals surface area contributed by atoms with Crippen molar-refractivity contribution in [3.05, 3.63) is 70.8 Å². The van der Waals surface area contributed by atoms with Crippen molar-refractivity contribution >= 4 is 18.1 Å². The van der Waals surface area contributed by atoms with Gasteiger partial charge < -0.3 is 14.4 Å². The van der Waals surface area contributed by atoms with Gasteiger partial charge in [0.25, 0.3) is 5.91 Å². The molecule has 0 unspecified atom stereocenters. The van der Waals surface area contributed by atoms with Gasteiger partial charge >= 0.3 is 24.5 Å². The summed E-state index contributed by atoms with van der Waals surface area (Å²) in [6.45, 7) is 6.15. The standard InChI is InChI=1S/C32H37F6N3O5/c1-30(2,3)46-29(44)41(27(42)22-16-23(31(33,34)35)18-24(17-22)32(36,37)38)26-12-15-40(19-26)25-10-7-13-39(14-11-25)28(43)45-20-21-8-5-4-6-9-21/h4-6,8-9,16-18,25-26H,7,10-15,19-20H2,1-3H3/t25-,26-/m1/s1. The van der Waals surface area contributed by atoms with Crippen LogP contribution < -0.4 is 0 Å². The number of amides is 3. The molecule has 0 saturated carbocycles. The molecule has 46 heavy (non-hydrogen) atoms. The summed E-state index contributed by atoms with van der Waals surface area (Å²) in [6.07, 6.45) is -9.79. The molecule has 2 aromatic carbocycles. The third-order valence-electron chi connectivity index (χ3n) is 7.88. The largest absolute Gasteiger partial charge is 0.445 e. The lowest BCUT2D eigenvalue weighted by molar-refractivity contribution is -0.143. The van der Waals surface area contributed by atoms with E-state index in [2.05, 4.69) is 0 Å². The molecule has 14 heteroatoms. The quantitative estimate of drug-likeness (QED) is 0.313. The molecule has 2 saturated heterocycles. The minimum Gasteiger partial charge on any atom is -0.445 e. The van der Waals surface area contributed by atoms with Crippen molar-refractivity contribution in [2.75, 3.05) is 26.2 Å². The van der Waals surface area contributed by atoms with Crippen LogP contribution in [0.15, 0.2) is 48.5 Å². The second-order valence-electron chi connectivity index (χ2n) is 12.5. The first-order chi connectivity index (χ1) is 21.4. The van der Waals surface area contributed by atoms with E-state index in [1.54, 1.807) is 4.90 Å². The highest BCUT2D eigenvalue weighted by atomic mass is 19.4. The predicted molar refractivity (Wildman–Crippen MR) is 155 cm³/mol. The third kappa shape index (κ3) is 9.14. The van der Waals surface area contributed by atoms with Crippen LogP contribution in [-0.4, -0.2) is 76.7 Å². The summed E-state index contributed by atoms with van der Waals surface area (Å²) in [7, 11) is 0. The van der Waals surface area contributed by atoms with E-state index in [0.717, 1.165) is 5.56 Å². The van der Waals surface area contributed by atoms with Gasteiger partial charge in [-0.2, -0.15) is 26.3 Å². The summed E-state index contributed by atoms with van der Waals surface area (Å²) < 4.78 is 92.1. The van der Waals surface area contributed by atoms with Gasteiger partial charge in [0.15, 0.2) is 0 Å². The van der Waals surface area contributed by atoms with Crippen LogP contribution in [0.3, 0.4) is 0 Å². The fourth-order valence-corrected chi connectivity index (χ4v) is 5.67. The van der Waals surface area contributed by atoms with E-state index in [9.17, 15) is 40.7 Å². The molecule has 2 aliphatic rings. The molecule has 4 rings (SSSR count). The number of rotatable bonds is 5. The number of halogens is 6. The van der Waals surface area contributed by atoms with Crippen molar-refractivity contribution in [2.24, 2.45) is 0 Å². The summed E-state index contributed by atoms with van der Waals surface area (Å²) in [5.41, 5.74) is -4.49. The summed E-state index contributed by atoms with van der Waals surface area (Å²) in [5.74, 6) is -1.31. The maximum Gasteiger partial charge on any atom is 0.417 e. The average molecular weight is 658 g/mol. The molecule has 0 N–H and O–H groups in total. The zero-order chi connectivity index (χ0) is 33.9. The van der Waals surface area contributed by atoms with Gasteiger partial charge in [0.2, 0.25) is 0 Å². The Morgan fingerprint density at radius 2 is 1.48 bits per heavy atom. The van der Waals surface area contributed by atoms with Crippen LogP contribution in [0.25, 0.3) is 0 Å². The Morgan fingerprint density at radius 1 is 0.848 bits per heavy atom. The van der Waals surface area contributed by atoms with Gasteiger partial charge in [-0.05, 0) is 70.2 Å². The molecular formula is C32H37F6N3O5. The van der Waals surface area contributed by atoms with Crippen LogP contribution in [0.5, 0.6) is 0 Å². The molecule has 3 amide bonds. The lowest BCUT2D eigenvalue weighted by Crippen LogP contribution is -2.49. The minimum absolute atomic E-state index is 0.0436. The van der Waals surface area contributed by atoms with E-state index in [1.807, 2.05) is 35.2 Å². The highest BCUT2D eigenvalue weighted by Crippen LogP contribution is 2.37. The second kappa shape index (κ2) is 13.9. The smallest absolute Gasteiger partial charge is 0.417 e. The number of hydrogen-bond acceptors (Lipinski definition) is 6. The van der Waals surface area contributed by atoms with Gasteiger partial charge in [-0.1, -0.05) is 30.3 Å². The van der Waals surface area contributed by atoms with Crippen molar-refractivity contribution < 1.29 is 50.2 Å². The molecule has 2 fully saturated rings. The van der Waals surface area contributed by atoms with Crippen LogP contribution in [0, 0.1) is 0 Å². The SMILES string of the molecule is CC(C)(C)OC(=O)N(C(=O)c1cc(C(F)(F)F)cc(C(F)(F)F)c1)[C@@H]1CCN([C@@H]2CCCN(C(=O)OCc3ccccc3)CC2)C1. The Labute approximate surface area is 263 Å². The van der Waals surface area contributed by atoms with Gasteiger partial charge in [0.05, 0.1) is 17.2 Å². The molecule has 2 aliphatic heterocycles. The first-order valence-corrected chi connectivity index (χ1v) is 15.0. The number of carbonyl (C=O) groups is 3. The van der Waals surface area contributed by atoms with Gasteiger partial charge in [0, 0.05) is 37.8 Å². The van der Waals surface area contributed by atoms with Gasteiger partial charge in [-0.3, -0.25) is 9.69 Å². The number of nitrogens with zero attached hydrogens (tertiary/aromatic N) is 3. The number of imide groups is 1. The molecule has 0 spiro atoms. The molecule has 0 aromatic heterocycles. The molecule has 2 aromatic rings. The predicted octanol–water partition coefficient (Wildman–Crippen LogP) is 7.37. The molecule has 8 nitrogen and oxygen atoms in total. The average Bonchev–Trinajstić information content (AvgIpc) is 3.30. The van der Waals surface area contributed by atoms with Crippen molar-refractivity contribution in [2.45, 2.75) is 83.1 Å². The van der Waals surface area contributed by atoms with E-state index in [1.165, 1.54) is 20.8 Å². The van der Waals surface area contributed by atoms with E-state index in [4.69, 9.17) is 9.47 Å². The molecule has 252 valence electrons. The van der Waals surface area contributed by atoms with Crippen LogP contribution in [-0.2, 0) is 28.4 Å². The number of likely N-dealkylation sites (tertiary alicyclic amines) is 2. The summed E-state index contributed by atoms with van der Waals surface area (Å²) in [4.78, 5) is 44.0. The topological polar surface area (TPSA) is 79.4 Å². The van der Waals surface area contributed by atoms with Crippen molar-refractivity contribution in [3.63, 3.8) is 0 Å². The fourth-order valence-electron chi connectivity index (χ4n) is 5.67. The van der Waals surface area contributed by atoms with Gasteiger partial charge in [0.1, 0.15) is 12.2 Å². The molecule has 2 heterocycles. The molecule has 0 bridgehead atoms. The zero-order valence-corrected chi connectivity index (χ0v) is 25.8. The van der Waals surface area contributed by atoms with E-state index < -0.39 is 58.8 Å². The number of carbonyl (C=O) groups excluding carboxylic acids is 3. The van der Waals surface area contributed by atoms with Crippen LogP contribution in [0.1, 0.15) is 73.5 Å². The molecule has 2 atom stereocenters. The maximum absolute atomic E-state index is 13.7. The fraction of sp³-hybridized carbons (Fsp3) is 0.531. The van der Waals surface area contributed by atoms with E-state index >= 15 is 0 Å². The lowest BCUT2D eigenvalue weighted by Gasteiger charge is -2.32. The minimum atomic E-state index is -5.17. The Balaban J connectivity index is 1.50. The molecule has 0 radical (unpaired) electrons. The first kappa shape index (κ1) is 35.1. The summed E-state index contributed by atoms with van der Waals surface area (Å²) in [5, 5.41) is 0. The second-order valence-corrected chi connectivity index (χ2v) is 12.5. The highest BCUT2D eigenvalue weighted by molar-refractivity contribution is 6.03. The number of benzene rings is 2. The van der Waals surface area contributed by atoms with Crippen LogP contribution in [0.4, 0.5) is 35.9 Å². The normalized spacial score (nSPS) is 19.8. The zero-order valence-electron chi connectivity index (χ0n) is 25.8. The van der Waals surface area contributed by atoms with Crippen molar-refractivity contribution in [1.82, 2.24) is 14.7 Å². The Hall–Kier alpha value is -3.81. The maximum atomic E-state index is 13.7. The van der Waals surface area contributed by atoms with Crippen LogP contribution >= 0.6 is 0 Å².